The fraction of sp³-hybridized carbons (Fsp3) is 0.462. The van der Waals surface area contributed by atoms with Gasteiger partial charge in [0.05, 0.1) is 16.0 Å². The summed E-state index contributed by atoms with van der Waals surface area (Å²) in [5.74, 6) is 0.00187. The van der Waals surface area contributed by atoms with Crippen LogP contribution >= 0.6 is 15.9 Å². The van der Waals surface area contributed by atoms with Crippen molar-refractivity contribution >= 4 is 37.4 Å². The molecule has 0 aromatic heterocycles. The summed E-state index contributed by atoms with van der Waals surface area (Å²) >= 11 is 3.40. The number of benzene rings is 1. The number of alkyl halides is 1. The molecule has 1 aliphatic heterocycles. The first-order valence-corrected chi connectivity index (χ1v) is 8.86. The van der Waals surface area contributed by atoms with E-state index in [4.69, 9.17) is 0 Å². The molecule has 0 fully saturated rings. The Morgan fingerprint density at radius 1 is 1.37 bits per heavy atom. The number of sulfone groups is 1. The maximum Gasteiger partial charge on any atom is 0.234 e. The van der Waals surface area contributed by atoms with Crippen LogP contribution in [0.3, 0.4) is 0 Å². The molecule has 1 aromatic rings. The van der Waals surface area contributed by atoms with Gasteiger partial charge in [-0.05, 0) is 31.0 Å². The zero-order valence-corrected chi connectivity index (χ0v) is 13.4. The van der Waals surface area contributed by atoms with Crippen LogP contribution in [-0.4, -0.2) is 26.3 Å². The molecule has 1 aliphatic rings. The lowest BCUT2D eigenvalue weighted by atomic mass is 9.85. The minimum Gasteiger partial charge on any atom is -0.325 e. The Hall–Kier alpha value is -0.880. The summed E-state index contributed by atoms with van der Waals surface area (Å²) in [5.41, 5.74) is 2.00. The highest BCUT2D eigenvalue weighted by Crippen LogP contribution is 2.39. The number of anilines is 1. The van der Waals surface area contributed by atoms with E-state index in [0.29, 0.717) is 0 Å². The smallest absolute Gasteiger partial charge is 0.234 e. The highest BCUT2D eigenvalue weighted by Gasteiger charge is 2.38. The first-order valence-electron chi connectivity index (χ1n) is 5.89. The van der Waals surface area contributed by atoms with Crippen molar-refractivity contribution in [2.75, 3.05) is 17.3 Å². The normalized spacial score (nSPS) is 18.8. The molecule has 0 spiro atoms. The number of amides is 1. The van der Waals surface area contributed by atoms with Gasteiger partial charge < -0.3 is 5.32 Å². The van der Waals surface area contributed by atoms with Gasteiger partial charge in [-0.1, -0.05) is 28.1 Å². The molecule has 2 rings (SSSR count). The van der Waals surface area contributed by atoms with Crippen LogP contribution in [0.1, 0.15) is 29.8 Å². The van der Waals surface area contributed by atoms with Gasteiger partial charge in [0, 0.05) is 11.9 Å². The number of carbonyl (C=O) groups excluding carboxylic acids is 1. The van der Waals surface area contributed by atoms with Crippen molar-refractivity contribution < 1.29 is 13.2 Å². The van der Waals surface area contributed by atoms with E-state index in [2.05, 4.69) is 21.2 Å². The van der Waals surface area contributed by atoms with E-state index in [1.807, 2.05) is 32.0 Å². The third-order valence-electron chi connectivity index (χ3n) is 3.34. The minimum atomic E-state index is -3.05. The Morgan fingerprint density at radius 3 is 2.58 bits per heavy atom. The topological polar surface area (TPSA) is 63.2 Å². The number of nitrogens with one attached hydrogen (secondary N) is 1. The molecule has 0 saturated heterocycles. The first kappa shape index (κ1) is 14.5. The molecule has 0 saturated carbocycles. The van der Waals surface area contributed by atoms with Crippen molar-refractivity contribution in [3.05, 3.63) is 29.3 Å². The lowest BCUT2D eigenvalue weighted by Crippen LogP contribution is -2.26. The standard InChI is InChI=1S/C13H16BrNO3S/c1-13(2)9-6-8(10(14)7-19(3,17)18)4-5-11(9)15-12(13)16/h4-6,10H,7H2,1-3H3,(H,15,16). The van der Waals surface area contributed by atoms with E-state index in [1.54, 1.807) is 0 Å². The second kappa shape index (κ2) is 4.59. The third kappa shape index (κ3) is 2.84. The highest BCUT2D eigenvalue weighted by molar-refractivity contribution is 9.09. The van der Waals surface area contributed by atoms with Gasteiger partial charge in [0.15, 0.2) is 0 Å². The number of halogens is 1. The second-order valence-electron chi connectivity index (χ2n) is 5.44. The van der Waals surface area contributed by atoms with Gasteiger partial charge >= 0.3 is 0 Å². The second-order valence-corrected chi connectivity index (χ2v) is 8.73. The Morgan fingerprint density at radius 2 is 2.00 bits per heavy atom. The Kier molecular flexibility index (Phi) is 3.51. The van der Waals surface area contributed by atoms with Crippen LogP contribution in [0.25, 0.3) is 0 Å². The van der Waals surface area contributed by atoms with Gasteiger partial charge in [-0.25, -0.2) is 8.42 Å². The lowest BCUT2D eigenvalue weighted by molar-refractivity contribution is -0.119. The van der Waals surface area contributed by atoms with E-state index in [9.17, 15) is 13.2 Å². The molecule has 6 heteroatoms. The van der Waals surface area contributed by atoms with E-state index in [1.165, 1.54) is 6.26 Å². The van der Waals surface area contributed by atoms with Gasteiger partial charge in [0.2, 0.25) is 5.91 Å². The fourth-order valence-corrected chi connectivity index (χ4v) is 4.60. The van der Waals surface area contributed by atoms with E-state index in [0.717, 1.165) is 16.8 Å². The maximum absolute atomic E-state index is 11.8. The largest absolute Gasteiger partial charge is 0.325 e. The van der Waals surface area contributed by atoms with Crippen LogP contribution < -0.4 is 5.32 Å². The zero-order valence-electron chi connectivity index (χ0n) is 11.0. The fourth-order valence-electron chi connectivity index (χ4n) is 2.15. The molecule has 0 aliphatic carbocycles. The molecule has 1 amide bonds. The van der Waals surface area contributed by atoms with Gasteiger partial charge in [-0.2, -0.15) is 0 Å². The van der Waals surface area contributed by atoms with Gasteiger partial charge in [-0.3, -0.25) is 4.79 Å². The van der Waals surface area contributed by atoms with Crippen molar-refractivity contribution in [1.82, 2.24) is 0 Å². The molecule has 104 valence electrons. The number of rotatable bonds is 3. The average molecular weight is 346 g/mol. The number of hydrogen-bond acceptors (Lipinski definition) is 3. The van der Waals surface area contributed by atoms with Crippen molar-refractivity contribution in [2.24, 2.45) is 0 Å². The quantitative estimate of drug-likeness (QED) is 0.855. The predicted molar refractivity (Wildman–Crippen MR) is 79.5 cm³/mol. The molecule has 4 nitrogen and oxygen atoms in total. The third-order valence-corrected chi connectivity index (χ3v) is 5.56. The molecule has 0 radical (unpaired) electrons. The Labute approximate surface area is 121 Å². The van der Waals surface area contributed by atoms with Crippen LogP contribution in [0.4, 0.5) is 5.69 Å². The summed E-state index contributed by atoms with van der Waals surface area (Å²) in [5, 5.41) is 2.83. The van der Waals surface area contributed by atoms with Crippen LogP contribution in [0, 0.1) is 0 Å². The summed E-state index contributed by atoms with van der Waals surface area (Å²) in [4.78, 5) is 11.6. The molecule has 1 atom stereocenters. The monoisotopic (exact) mass is 345 g/mol. The average Bonchev–Trinajstić information content (AvgIpc) is 2.47. The van der Waals surface area contributed by atoms with Crippen molar-refractivity contribution in [3.8, 4) is 0 Å². The van der Waals surface area contributed by atoms with Crippen LogP contribution in [0.15, 0.2) is 18.2 Å². The molecule has 1 aromatic carbocycles. The summed E-state index contributed by atoms with van der Waals surface area (Å²) in [6.07, 6.45) is 1.21. The predicted octanol–water partition coefficient (Wildman–Crippen LogP) is 2.40. The maximum atomic E-state index is 11.8. The van der Waals surface area contributed by atoms with Crippen molar-refractivity contribution in [1.29, 1.82) is 0 Å². The number of fused-ring (bicyclic) bond motifs is 1. The summed E-state index contributed by atoms with van der Waals surface area (Å²) in [6, 6.07) is 5.57. The molecule has 19 heavy (non-hydrogen) atoms. The summed E-state index contributed by atoms with van der Waals surface area (Å²) < 4.78 is 22.7. The van der Waals surface area contributed by atoms with E-state index in [-0.39, 0.29) is 16.5 Å². The molecular formula is C13H16BrNO3S. The Balaban J connectivity index is 2.38. The SMILES string of the molecule is CC1(C)C(=O)Nc2ccc(C(Br)CS(C)(=O)=O)cc21. The molecule has 1 heterocycles. The number of hydrogen-bond donors (Lipinski definition) is 1. The molecule has 0 bridgehead atoms. The van der Waals surface area contributed by atoms with Gasteiger partial charge in [-0.15, -0.1) is 0 Å². The van der Waals surface area contributed by atoms with Crippen LogP contribution in [0.2, 0.25) is 0 Å². The zero-order chi connectivity index (χ0) is 14.4. The highest BCUT2D eigenvalue weighted by atomic mass is 79.9. The Bertz CT molecular complexity index is 637. The van der Waals surface area contributed by atoms with Crippen LogP contribution in [0.5, 0.6) is 0 Å². The molecular weight excluding hydrogens is 330 g/mol. The molecule has 1 unspecified atom stereocenters. The van der Waals surface area contributed by atoms with E-state index >= 15 is 0 Å². The van der Waals surface area contributed by atoms with Gasteiger partial charge in [0.1, 0.15) is 9.84 Å². The number of carbonyl (C=O) groups is 1. The summed E-state index contributed by atoms with van der Waals surface area (Å²) in [7, 11) is -3.05. The van der Waals surface area contributed by atoms with Crippen molar-refractivity contribution in [3.63, 3.8) is 0 Å². The minimum absolute atomic E-state index is 0.0334. The van der Waals surface area contributed by atoms with Crippen molar-refractivity contribution in [2.45, 2.75) is 24.1 Å². The first-order chi connectivity index (χ1) is 8.61. The molecule has 1 N–H and O–H groups in total. The summed E-state index contributed by atoms with van der Waals surface area (Å²) in [6.45, 7) is 3.72. The van der Waals surface area contributed by atoms with Gasteiger partial charge in [0.25, 0.3) is 0 Å². The van der Waals surface area contributed by atoms with Crippen LogP contribution in [-0.2, 0) is 20.0 Å². The lowest BCUT2D eigenvalue weighted by Gasteiger charge is -2.17. The van der Waals surface area contributed by atoms with E-state index < -0.39 is 15.3 Å².